The summed E-state index contributed by atoms with van der Waals surface area (Å²) in [6.07, 6.45) is 6.87. The Kier molecular flexibility index (Phi) is 18.1. The third-order valence-electron chi connectivity index (χ3n) is 1.07. The van der Waals surface area contributed by atoms with E-state index in [0.717, 1.165) is 6.54 Å². The van der Waals surface area contributed by atoms with Crippen molar-refractivity contribution >= 4 is 0 Å². The highest BCUT2D eigenvalue weighted by Gasteiger charge is 1.79. The maximum Gasteiger partial charge on any atom is 0.173 e. The summed E-state index contributed by atoms with van der Waals surface area (Å²) in [6, 6.07) is 0. The van der Waals surface area contributed by atoms with Crippen LogP contribution in [0.2, 0.25) is 0 Å². The van der Waals surface area contributed by atoms with Gasteiger partial charge in [0, 0.05) is 6.54 Å². The largest absolute Gasteiger partial charge is 0.391 e. The van der Waals surface area contributed by atoms with Crippen LogP contribution in [-0.4, -0.2) is 6.54 Å². The predicted molar refractivity (Wildman–Crippen MR) is 47.5 cm³/mol. The summed E-state index contributed by atoms with van der Waals surface area (Å²) in [6.45, 7) is 6.83. The summed E-state index contributed by atoms with van der Waals surface area (Å²) in [5.41, 5.74) is 4.15. The van der Waals surface area contributed by atoms with Gasteiger partial charge < -0.3 is 11.1 Å². The van der Waals surface area contributed by atoms with E-state index in [1.54, 1.807) is 6.20 Å². The van der Waals surface area contributed by atoms with Gasteiger partial charge in [-0.25, -0.2) is 0 Å². The molecular formula is C8H17N3. The Bertz CT molecular complexity index is 104. The molecule has 0 fully saturated rings. The van der Waals surface area contributed by atoms with Crippen LogP contribution in [0.5, 0.6) is 0 Å². The molecule has 0 rings (SSSR count). The van der Waals surface area contributed by atoms with E-state index in [1.165, 1.54) is 25.5 Å². The molecule has 0 aliphatic rings. The maximum absolute atomic E-state index is 7.10. The number of hydrogen-bond acceptors (Lipinski definition) is 3. The van der Waals surface area contributed by atoms with E-state index in [1.807, 2.05) is 0 Å². The third-order valence-corrected chi connectivity index (χ3v) is 1.07. The Hall–Kier alpha value is -1.17. The number of nitrogens with two attached hydrogens (primary N) is 1. The molecule has 0 atom stereocenters. The molecule has 64 valence electrons. The standard InChI is InChI=1S/C7H15N.CH2N2/c1-3-5-6-7-8-4-2;2-1-3/h4,8H,2-3,5-7H2,1H3;2H2. The topological polar surface area (TPSA) is 61.8 Å². The Morgan fingerprint density at radius 3 is 2.55 bits per heavy atom. The van der Waals surface area contributed by atoms with Crippen molar-refractivity contribution in [3.63, 3.8) is 0 Å². The van der Waals surface area contributed by atoms with E-state index >= 15 is 0 Å². The lowest BCUT2D eigenvalue weighted by Gasteiger charge is -1.95. The highest BCUT2D eigenvalue weighted by atomic mass is 14.8. The molecule has 0 aromatic carbocycles. The van der Waals surface area contributed by atoms with Crippen molar-refractivity contribution in [3.8, 4) is 6.19 Å². The molecule has 0 heterocycles. The zero-order valence-corrected chi connectivity index (χ0v) is 7.14. The quantitative estimate of drug-likeness (QED) is 0.358. The molecule has 0 amide bonds. The van der Waals surface area contributed by atoms with Crippen molar-refractivity contribution in [1.29, 1.82) is 5.26 Å². The first-order chi connectivity index (χ1) is 5.33. The fourth-order valence-electron chi connectivity index (χ4n) is 0.579. The molecule has 0 aromatic heterocycles. The van der Waals surface area contributed by atoms with Gasteiger partial charge in [-0.3, -0.25) is 0 Å². The number of nitriles is 1. The van der Waals surface area contributed by atoms with Crippen LogP contribution in [-0.2, 0) is 0 Å². The van der Waals surface area contributed by atoms with Gasteiger partial charge in [0.2, 0.25) is 0 Å². The van der Waals surface area contributed by atoms with Crippen molar-refractivity contribution in [3.05, 3.63) is 12.8 Å². The Morgan fingerprint density at radius 2 is 2.18 bits per heavy atom. The van der Waals surface area contributed by atoms with Crippen LogP contribution in [0.4, 0.5) is 0 Å². The smallest absolute Gasteiger partial charge is 0.173 e. The fraction of sp³-hybridized carbons (Fsp3) is 0.625. The highest BCUT2D eigenvalue weighted by Crippen LogP contribution is 1.90. The van der Waals surface area contributed by atoms with Gasteiger partial charge in [-0.05, 0) is 12.6 Å². The van der Waals surface area contributed by atoms with Gasteiger partial charge in [0.25, 0.3) is 0 Å². The van der Waals surface area contributed by atoms with Crippen LogP contribution in [0.3, 0.4) is 0 Å². The molecule has 0 spiro atoms. The Balaban J connectivity index is 0. The molecule has 3 N–H and O–H groups in total. The average molecular weight is 155 g/mol. The number of unbranched alkanes of at least 4 members (excludes halogenated alkanes) is 2. The van der Waals surface area contributed by atoms with Gasteiger partial charge >= 0.3 is 0 Å². The molecular weight excluding hydrogens is 138 g/mol. The van der Waals surface area contributed by atoms with Crippen LogP contribution in [0.15, 0.2) is 12.8 Å². The summed E-state index contributed by atoms with van der Waals surface area (Å²) in [5, 5.41) is 10.1. The third kappa shape index (κ3) is 28.1. The maximum atomic E-state index is 7.10. The Labute approximate surface area is 68.9 Å². The first kappa shape index (κ1) is 12.5. The molecule has 0 saturated heterocycles. The lowest BCUT2D eigenvalue weighted by atomic mass is 10.2. The van der Waals surface area contributed by atoms with E-state index in [0.29, 0.717) is 0 Å². The van der Waals surface area contributed by atoms with E-state index < -0.39 is 0 Å². The average Bonchev–Trinajstić information content (AvgIpc) is 2.00. The van der Waals surface area contributed by atoms with Crippen molar-refractivity contribution in [2.75, 3.05) is 6.54 Å². The monoisotopic (exact) mass is 155 g/mol. The first-order valence-corrected chi connectivity index (χ1v) is 3.77. The molecule has 0 saturated carbocycles. The van der Waals surface area contributed by atoms with Crippen molar-refractivity contribution in [2.45, 2.75) is 26.2 Å². The number of hydrogen-bond donors (Lipinski definition) is 2. The second-order valence-corrected chi connectivity index (χ2v) is 1.99. The van der Waals surface area contributed by atoms with Crippen molar-refractivity contribution < 1.29 is 0 Å². The van der Waals surface area contributed by atoms with Crippen LogP contribution >= 0.6 is 0 Å². The summed E-state index contributed by atoms with van der Waals surface area (Å²) in [5.74, 6) is 0. The molecule has 0 aliphatic heterocycles. The van der Waals surface area contributed by atoms with Crippen LogP contribution in [0, 0.1) is 11.5 Å². The van der Waals surface area contributed by atoms with Gasteiger partial charge in [-0.1, -0.05) is 26.3 Å². The molecule has 0 bridgehead atoms. The van der Waals surface area contributed by atoms with Crippen molar-refractivity contribution in [2.24, 2.45) is 5.73 Å². The highest BCUT2D eigenvalue weighted by molar-refractivity contribution is 4.61. The lowest BCUT2D eigenvalue weighted by molar-refractivity contribution is 0.683. The minimum Gasteiger partial charge on any atom is -0.391 e. The van der Waals surface area contributed by atoms with Gasteiger partial charge in [0.1, 0.15) is 0 Å². The number of nitrogens with zero attached hydrogens (tertiary/aromatic N) is 1. The van der Waals surface area contributed by atoms with Gasteiger partial charge in [0.05, 0.1) is 0 Å². The second-order valence-electron chi connectivity index (χ2n) is 1.99. The molecule has 0 radical (unpaired) electrons. The van der Waals surface area contributed by atoms with Crippen molar-refractivity contribution in [1.82, 2.24) is 5.32 Å². The SMILES string of the molecule is C=CNCCCCC.N#CN. The normalized spacial score (nSPS) is 6.91. The van der Waals surface area contributed by atoms with E-state index in [4.69, 9.17) is 5.26 Å². The summed E-state index contributed by atoms with van der Waals surface area (Å²) in [7, 11) is 0. The minimum absolute atomic E-state index is 1.08. The van der Waals surface area contributed by atoms with Gasteiger partial charge in [-0.15, -0.1) is 0 Å². The molecule has 3 nitrogen and oxygen atoms in total. The molecule has 0 aliphatic carbocycles. The summed E-state index contributed by atoms with van der Waals surface area (Å²) >= 11 is 0. The first-order valence-electron chi connectivity index (χ1n) is 3.77. The number of rotatable bonds is 5. The second kappa shape index (κ2) is 15.9. The van der Waals surface area contributed by atoms with Crippen LogP contribution in [0.25, 0.3) is 0 Å². The zero-order valence-electron chi connectivity index (χ0n) is 7.14. The summed E-state index contributed by atoms with van der Waals surface area (Å²) in [4.78, 5) is 0. The van der Waals surface area contributed by atoms with Crippen LogP contribution in [0.1, 0.15) is 26.2 Å². The predicted octanol–water partition coefficient (Wildman–Crippen LogP) is 1.34. The van der Waals surface area contributed by atoms with E-state index in [-0.39, 0.29) is 0 Å². The zero-order chi connectivity index (χ0) is 8.95. The van der Waals surface area contributed by atoms with E-state index in [9.17, 15) is 0 Å². The summed E-state index contributed by atoms with van der Waals surface area (Å²) < 4.78 is 0. The fourth-order valence-corrected chi connectivity index (χ4v) is 0.579. The molecule has 3 heteroatoms. The lowest BCUT2D eigenvalue weighted by Crippen LogP contribution is -2.05. The molecule has 0 aromatic rings. The Morgan fingerprint density at radius 1 is 1.64 bits per heavy atom. The number of nitrogens with one attached hydrogen (secondary N) is 1. The van der Waals surface area contributed by atoms with Crippen LogP contribution < -0.4 is 11.1 Å². The molecule has 0 unspecified atom stereocenters. The molecule has 11 heavy (non-hydrogen) atoms. The minimum atomic E-state index is 1.08. The van der Waals surface area contributed by atoms with Gasteiger partial charge in [0.15, 0.2) is 6.19 Å². The van der Waals surface area contributed by atoms with E-state index in [2.05, 4.69) is 24.6 Å². The van der Waals surface area contributed by atoms with Gasteiger partial charge in [-0.2, -0.15) is 5.26 Å².